The summed E-state index contributed by atoms with van der Waals surface area (Å²) in [7, 11) is 0. The van der Waals surface area contributed by atoms with E-state index in [9.17, 15) is 4.79 Å². The minimum absolute atomic E-state index is 0.0653. The Morgan fingerprint density at radius 2 is 2.07 bits per heavy atom. The lowest BCUT2D eigenvalue weighted by atomic mass is 9.64. The first kappa shape index (κ1) is 10.9. The van der Waals surface area contributed by atoms with Crippen LogP contribution in [-0.2, 0) is 4.79 Å². The van der Waals surface area contributed by atoms with E-state index in [0.717, 1.165) is 19.3 Å². The highest BCUT2D eigenvalue weighted by atomic mass is 32.1. The maximum absolute atomic E-state index is 11.9. The van der Waals surface area contributed by atoms with Crippen LogP contribution >= 0.6 is 12.2 Å². The van der Waals surface area contributed by atoms with Crippen LogP contribution in [0.4, 0.5) is 0 Å². The number of thiocarbonyl (C=S) groups is 1. The zero-order chi connectivity index (χ0) is 11.3. The van der Waals surface area contributed by atoms with Gasteiger partial charge in [0.15, 0.2) is 5.11 Å². The van der Waals surface area contributed by atoms with Gasteiger partial charge in [-0.25, -0.2) is 0 Å². The van der Waals surface area contributed by atoms with Crippen LogP contribution in [0.2, 0.25) is 0 Å². The molecule has 15 heavy (non-hydrogen) atoms. The van der Waals surface area contributed by atoms with E-state index in [1.165, 1.54) is 0 Å². The number of rotatable bonds is 0. The Balaban J connectivity index is 2.24. The smallest absolute Gasteiger partial charge is 0.252 e. The van der Waals surface area contributed by atoms with Gasteiger partial charge in [-0.15, -0.1) is 0 Å². The number of hydrogen-bond donors (Lipinski definition) is 2. The van der Waals surface area contributed by atoms with Gasteiger partial charge in [0.25, 0.3) is 5.91 Å². The molecule has 0 radical (unpaired) electrons. The molecular weight excluding hydrogens is 208 g/mol. The molecule has 1 aliphatic heterocycles. The van der Waals surface area contributed by atoms with Gasteiger partial charge in [0.2, 0.25) is 0 Å². The Kier molecular flexibility index (Phi) is 2.30. The van der Waals surface area contributed by atoms with Crippen LogP contribution in [0.5, 0.6) is 0 Å². The molecule has 2 N–H and O–H groups in total. The minimum Gasteiger partial charge on any atom is -0.348 e. The fourth-order valence-corrected chi connectivity index (χ4v) is 3.19. The molecule has 2 aliphatic rings. The average Bonchev–Trinajstić information content (AvgIpc) is 2.36. The van der Waals surface area contributed by atoms with E-state index in [2.05, 4.69) is 31.4 Å². The van der Waals surface area contributed by atoms with Crippen molar-refractivity contribution in [1.29, 1.82) is 0 Å². The predicted molar refractivity (Wildman–Crippen MR) is 63.4 cm³/mol. The van der Waals surface area contributed by atoms with Crippen LogP contribution in [0.15, 0.2) is 0 Å². The van der Waals surface area contributed by atoms with Gasteiger partial charge >= 0.3 is 0 Å². The van der Waals surface area contributed by atoms with Gasteiger partial charge in [-0.1, -0.05) is 20.8 Å². The standard InChI is InChI=1S/C11H18N2OS/c1-7-6-10(2,3)4-5-11(7)8(14)12-9(15)13-11/h7H,4-6H2,1-3H3,(H2,12,13,14,15). The second-order valence-corrected chi connectivity index (χ2v) is 6.06. The third kappa shape index (κ3) is 1.65. The maximum Gasteiger partial charge on any atom is 0.252 e. The molecule has 1 aliphatic carbocycles. The molecule has 84 valence electrons. The first-order valence-electron chi connectivity index (χ1n) is 5.49. The second-order valence-electron chi connectivity index (χ2n) is 5.65. The van der Waals surface area contributed by atoms with Crippen molar-refractivity contribution in [3.8, 4) is 0 Å². The van der Waals surface area contributed by atoms with Crippen LogP contribution in [0.1, 0.15) is 40.0 Å². The monoisotopic (exact) mass is 226 g/mol. The fourth-order valence-electron chi connectivity index (χ4n) is 2.92. The highest BCUT2D eigenvalue weighted by Crippen LogP contribution is 2.44. The normalized spacial score (nSPS) is 39.0. The maximum atomic E-state index is 11.9. The van der Waals surface area contributed by atoms with E-state index in [1.54, 1.807) is 0 Å². The summed E-state index contributed by atoms with van der Waals surface area (Å²) in [6.07, 6.45) is 3.02. The van der Waals surface area contributed by atoms with Crippen molar-refractivity contribution in [1.82, 2.24) is 10.6 Å². The molecule has 4 heteroatoms. The summed E-state index contributed by atoms with van der Waals surface area (Å²) in [5, 5.41) is 6.39. The predicted octanol–water partition coefficient (Wildman–Crippen LogP) is 1.58. The van der Waals surface area contributed by atoms with E-state index in [1.807, 2.05) is 0 Å². The van der Waals surface area contributed by atoms with Crippen LogP contribution in [0.3, 0.4) is 0 Å². The van der Waals surface area contributed by atoms with Crippen molar-refractivity contribution in [2.75, 3.05) is 0 Å². The second kappa shape index (κ2) is 3.17. The first-order chi connectivity index (χ1) is 6.86. The Morgan fingerprint density at radius 3 is 2.53 bits per heavy atom. The molecule has 0 aromatic carbocycles. The molecule has 1 spiro atoms. The van der Waals surface area contributed by atoms with Gasteiger partial charge in [0.05, 0.1) is 0 Å². The summed E-state index contributed by atoms with van der Waals surface area (Å²) in [5.41, 5.74) is -0.0799. The van der Waals surface area contributed by atoms with Crippen molar-refractivity contribution in [3.63, 3.8) is 0 Å². The molecule has 2 fully saturated rings. The summed E-state index contributed by atoms with van der Waals surface area (Å²) in [5.74, 6) is 0.400. The molecule has 1 saturated carbocycles. The lowest BCUT2D eigenvalue weighted by Gasteiger charge is -2.44. The molecule has 3 nitrogen and oxygen atoms in total. The molecule has 0 aromatic heterocycles. The largest absolute Gasteiger partial charge is 0.348 e. The van der Waals surface area contributed by atoms with Gasteiger partial charge < -0.3 is 10.6 Å². The highest BCUT2D eigenvalue weighted by Gasteiger charge is 2.52. The van der Waals surface area contributed by atoms with E-state index in [-0.39, 0.29) is 5.91 Å². The molecular formula is C11H18N2OS. The van der Waals surface area contributed by atoms with Crippen molar-refractivity contribution in [2.24, 2.45) is 11.3 Å². The molecule has 0 aromatic rings. The summed E-state index contributed by atoms with van der Waals surface area (Å²) < 4.78 is 0. The number of amides is 1. The topological polar surface area (TPSA) is 41.1 Å². The van der Waals surface area contributed by atoms with Crippen molar-refractivity contribution in [3.05, 3.63) is 0 Å². The van der Waals surface area contributed by atoms with Crippen LogP contribution in [0, 0.1) is 11.3 Å². The summed E-state index contributed by atoms with van der Waals surface area (Å²) in [6, 6.07) is 0. The lowest BCUT2D eigenvalue weighted by molar-refractivity contribution is -0.128. The third-order valence-electron chi connectivity index (χ3n) is 3.86. The number of nitrogens with one attached hydrogen (secondary N) is 2. The Labute approximate surface area is 96.0 Å². The molecule has 1 amide bonds. The molecule has 2 atom stereocenters. The zero-order valence-corrected chi connectivity index (χ0v) is 10.3. The third-order valence-corrected chi connectivity index (χ3v) is 4.07. The molecule has 1 saturated heterocycles. The quantitative estimate of drug-likeness (QED) is 0.616. The molecule has 0 bridgehead atoms. The van der Waals surface area contributed by atoms with Gasteiger partial charge in [-0.2, -0.15) is 0 Å². The van der Waals surface area contributed by atoms with E-state index in [0.29, 0.717) is 16.4 Å². The van der Waals surface area contributed by atoms with E-state index in [4.69, 9.17) is 12.2 Å². The lowest BCUT2D eigenvalue weighted by Crippen LogP contribution is -2.56. The van der Waals surface area contributed by atoms with Gasteiger partial charge in [0, 0.05) is 0 Å². The Bertz CT molecular complexity index is 327. The number of carbonyl (C=O) groups is 1. The molecule has 1 heterocycles. The summed E-state index contributed by atoms with van der Waals surface area (Å²) in [4.78, 5) is 11.9. The van der Waals surface area contributed by atoms with Crippen molar-refractivity contribution < 1.29 is 4.79 Å². The number of carbonyl (C=O) groups excluding carboxylic acids is 1. The number of hydrogen-bond acceptors (Lipinski definition) is 2. The van der Waals surface area contributed by atoms with Crippen molar-refractivity contribution in [2.45, 2.75) is 45.6 Å². The van der Waals surface area contributed by atoms with Crippen molar-refractivity contribution >= 4 is 23.2 Å². The van der Waals surface area contributed by atoms with Crippen LogP contribution in [-0.4, -0.2) is 16.6 Å². The zero-order valence-electron chi connectivity index (χ0n) is 9.52. The molecule has 2 rings (SSSR count). The fraction of sp³-hybridized carbons (Fsp3) is 0.818. The summed E-state index contributed by atoms with van der Waals surface area (Å²) in [6.45, 7) is 6.67. The van der Waals surface area contributed by atoms with Gasteiger partial charge in [-0.3, -0.25) is 4.79 Å². The van der Waals surface area contributed by atoms with E-state index < -0.39 is 5.54 Å². The summed E-state index contributed by atoms with van der Waals surface area (Å²) >= 11 is 5.02. The highest BCUT2D eigenvalue weighted by molar-refractivity contribution is 7.80. The SMILES string of the molecule is CC1CC(C)(C)CCC12NC(=S)NC2=O. The van der Waals surface area contributed by atoms with E-state index >= 15 is 0 Å². The average molecular weight is 226 g/mol. The molecule has 2 unspecified atom stereocenters. The van der Waals surface area contributed by atoms with Gasteiger partial charge in [0.1, 0.15) is 5.54 Å². The van der Waals surface area contributed by atoms with Crippen LogP contribution in [0.25, 0.3) is 0 Å². The van der Waals surface area contributed by atoms with Gasteiger partial charge in [-0.05, 0) is 42.8 Å². The minimum atomic E-state index is -0.424. The first-order valence-corrected chi connectivity index (χ1v) is 5.90. The Hall–Kier alpha value is -0.640. The van der Waals surface area contributed by atoms with Crippen LogP contribution < -0.4 is 10.6 Å². The Morgan fingerprint density at radius 1 is 1.40 bits per heavy atom.